The van der Waals surface area contributed by atoms with Gasteiger partial charge in [-0.15, -0.1) is 0 Å². The molecule has 1 fully saturated rings. The topological polar surface area (TPSA) is 41.6 Å². The third-order valence-electron chi connectivity index (χ3n) is 4.60. The number of piperidine rings is 1. The highest BCUT2D eigenvalue weighted by Crippen LogP contribution is 2.24. The van der Waals surface area contributed by atoms with Crippen LogP contribution in [-0.2, 0) is 16.1 Å². The molecular weight excluding hydrogens is 288 g/mol. The average molecular weight is 318 g/mol. The van der Waals surface area contributed by atoms with Gasteiger partial charge in [0.25, 0.3) is 0 Å². The second-order valence-electron chi connectivity index (χ2n) is 6.80. The molecule has 1 aromatic rings. The van der Waals surface area contributed by atoms with Gasteiger partial charge < -0.3 is 10.1 Å². The van der Waals surface area contributed by atoms with Crippen LogP contribution in [0.25, 0.3) is 0 Å². The van der Waals surface area contributed by atoms with Crippen LogP contribution in [0.1, 0.15) is 32.8 Å². The molecule has 1 saturated heterocycles. The highest BCUT2D eigenvalue weighted by molar-refractivity contribution is 5.71. The first kappa shape index (κ1) is 18.0. The molecule has 4 heteroatoms. The molecule has 0 spiro atoms. The summed E-state index contributed by atoms with van der Waals surface area (Å²) >= 11 is 0. The van der Waals surface area contributed by atoms with Gasteiger partial charge in [-0.1, -0.05) is 44.2 Å². The van der Waals surface area contributed by atoms with E-state index in [1.54, 1.807) is 0 Å². The number of nitrogens with one attached hydrogen (secondary N) is 1. The summed E-state index contributed by atoms with van der Waals surface area (Å²) in [5, 5.41) is 3.66. The summed E-state index contributed by atoms with van der Waals surface area (Å²) in [6, 6.07) is 10.9. The van der Waals surface area contributed by atoms with Gasteiger partial charge in [0.1, 0.15) is 0 Å². The highest BCUT2D eigenvalue weighted by atomic mass is 16.5. The Morgan fingerprint density at radius 2 is 2.04 bits per heavy atom. The second-order valence-corrected chi connectivity index (χ2v) is 6.80. The van der Waals surface area contributed by atoms with Crippen LogP contribution in [0.5, 0.6) is 0 Å². The van der Waals surface area contributed by atoms with Gasteiger partial charge in [-0.25, -0.2) is 0 Å². The Hall–Kier alpha value is -1.39. The summed E-state index contributed by atoms with van der Waals surface area (Å²) in [6.07, 6.45) is 1.17. The maximum absolute atomic E-state index is 11.8. The van der Waals surface area contributed by atoms with Crippen molar-refractivity contribution < 1.29 is 9.53 Å². The fraction of sp³-hybridized carbons (Fsp3) is 0.632. The van der Waals surface area contributed by atoms with Crippen LogP contribution in [0.4, 0.5) is 0 Å². The van der Waals surface area contributed by atoms with E-state index in [-0.39, 0.29) is 5.97 Å². The van der Waals surface area contributed by atoms with E-state index in [1.807, 2.05) is 13.0 Å². The van der Waals surface area contributed by atoms with Crippen LogP contribution < -0.4 is 5.32 Å². The Labute approximate surface area is 140 Å². The molecule has 0 aromatic heterocycles. The van der Waals surface area contributed by atoms with Crippen molar-refractivity contribution >= 4 is 5.97 Å². The number of nitrogens with zero attached hydrogens (tertiary/aromatic N) is 1. The lowest BCUT2D eigenvalue weighted by Crippen LogP contribution is -2.51. The van der Waals surface area contributed by atoms with Crippen LogP contribution in [0, 0.1) is 11.8 Å². The van der Waals surface area contributed by atoms with E-state index >= 15 is 0 Å². The summed E-state index contributed by atoms with van der Waals surface area (Å²) in [5.74, 6) is 1.13. The summed E-state index contributed by atoms with van der Waals surface area (Å²) in [6.45, 7) is 10.0. The minimum absolute atomic E-state index is 0.112. The molecule has 128 valence electrons. The maximum atomic E-state index is 11.8. The van der Waals surface area contributed by atoms with Crippen molar-refractivity contribution in [2.24, 2.45) is 11.8 Å². The number of ether oxygens (including phenoxy) is 1. The van der Waals surface area contributed by atoms with Crippen molar-refractivity contribution in [3.05, 3.63) is 35.9 Å². The minimum Gasteiger partial charge on any atom is -0.465 e. The van der Waals surface area contributed by atoms with Gasteiger partial charge in [0, 0.05) is 25.7 Å². The van der Waals surface area contributed by atoms with Gasteiger partial charge in [0.15, 0.2) is 0 Å². The Bertz CT molecular complexity index is 476. The molecule has 0 bridgehead atoms. The van der Waals surface area contributed by atoms with E-state index in [0.29, 0.717) is 31.0 Å². The van der Waals surface area contributed by atoms with E-state index in [1.165, 1.54) is 12.0 Å². The van der Waals surface area contributed by atoms with E-state index in [2.05, 4.69) is 48.3 Å². The number of hydrogen-bond donors (Lipinski definition) is 1. The zero-order chi connectivity index (χ0) is 16.7. The fourth-order valence-electron chi connectivity index (χ4n) is 3.24. The number of carbonyl (C=O) groups is 1. The first-order valence-corrected chi connectivity index (χ1v) is 8.73. The average Bonchev–Trinajstić information content (AvgIpc) is 2.54. The van der Waals surface area contributed by atoms with Crippen molar-refractivity contribution in [3.63, 3.8) is 0 Å². The van der Waals surface area contributed by atoms with Crippen molar-refractivity contribution in [2.45, 2.75) is 39.8 Å². The second kappa shape index (κ2) is 9.04. The van der Waals surface area contributed by atoms with E-state index < -0.39 is 0 Å². The number of hydrogen-bond acceptors (Lipinski definition) is 4. The zero-order valence-corrected chi connectivity index (χ0v) is 14.6. The molecule has 0 radical (unpaired) electrons. The Kier molecular flexibility index (Phi) is 7.06. The molecule has 2 rings (SSSR count). The summed E-state index contributed by atoms with van der Waals surface area (Å²) in [5.41, 5.74) is 1.30. The normalized spacial score (nSPS) is 22.3. The van der Waals surface area contributed by atoms with Crippen molar-refractivity contribution in [2.75, 3.05) is 26.2 Å². The molecule has 2 atom stereocenters. The molecule has 1 heterocycles. The lowest BCUT2D eigenvalue weighted by Gasteiger charge is -2.39. The predicted octanol–water partition coefficient (Wildman–Crippen LogP) is 2.69. The molecule has 23 heavy (non-hydrogen) atoms. The number of benzene rings is 1. The quantitative estimate of drug-likeness (QED) is 0.785. The zero-order valence-electron chi connectivity index (χ0n) is 14.6. The number of carbonyl (C=O) groups excluding carboxylic acids is 1. The lowest BCUT2D eigenvalue weighted by molar-refractivity contribution is -0.145. The third kappa shape index (κ3) is 5.96. The lowest BCUT2D eigenvalue weighted by atomic mass is 9.85. The first-order chi connectivity index (χ1) is 11.1. The van der Waals surface area contributed by atoms with Crippen LogP contribution in [0.15, 0.2) is 30.3 Å². The van der Waals surface area contributed by atoms with E-state index in [0.717, 1.165) is 19.6 Å². The van der Waals surface area contributed by atoms with Crippen LogP contribution in [-0.4, -0.2) is 43.2 Å². The number of rotatable bonds is 7. The molecule has 0 saturated carbocycles. The smallest absolute Gasteiger partial charge is 0.320 e. The largest absolute Gasteiger partial charge is 0.465 e. The highest BCUT2D eigenvalue weighted by Gasteiger charge is 2.29. The first-order valence-electron chi connectivity index (χ1n) is 8.73. The molecule has 1 N–H and O–H groups in total. The van der Waals surface area contributed by atoms with Gasteiger partial charge in [-0.3, -0.25) is 9.69 Å². The van der Waals surface area contributed by atoms with Gasteiger partial charge in [0.05, 0.1) is 13.2 Å². The van der Waals surface area contributed by atoms with Crippen LogP contribution in [0.3, 0.4) is 0 Å². The summed E-state index contributed by atoms with van der Waals surface area (Å²) in [4.78, 5) is 14.0. The Balaban J connectivity index is 1.91. The molecule has 0 aliphatic carbocycles. The number of likely N-dealkylation sites (tertiary alicyclic amines) is 1. The predicted molar refractivity (Wildman–Crippen MR) is 93.1 cm³/mol. The molecular formula is C19H30N2O2. The SMILES string of the molecule is CCOC(=O)CN1CC(NCc2ccccc2)CC(C(C)C)C1. The molecule has 2 unspecified atom stereocenters. The van der Waals surface area contributed by atoms with E-state index in [9.17, 15) is 4.79 Å². The van der Waals surface area contributed by atoms with Crippen LogP contribution >= 0.6 is 0 Å². The number of esters is 1. The maximum Gasteiger partial charge on any atom is 0.320 e. The summed E-state index contributed by atoms with van der Waals surface area (Å²) in [7, 11) is 0. The van der Waals surface area contributed by atoms with Crippen molar-refractivity contribution in [1.82, 2.24) is 10.2 Å². The van der Waals surface area contributed by atoms with Crippen molar-refractivity contribution in [3.8, 4) is 0 Å². The molecule has 0 amide bonds. The van der Waals surface area contributed by atoms with Gasteiger partial charge in [-0.05, 0) is 30.7 Å². The molecule has 1 aliphatic rings. The summed E-state index contributed by atoms with van der Waals surface area (Å²) < 4.78 is 5.10. The Morgan fingerprint density at radius 1 is 1.30 bits per heavy atom. The Morgan fingerprint density at radius 3 is 2.70 bits per heavy atom. The fourth-order valence-corrected chi connectivity index (χ4v) is 3.24. The van der Waals surface area contributed by atoms with Crippen LogP contribution in [0.2, 0.25) is 0 Å². The standard InChI is InChI=1S/C19H30N2O2/c1-4-23-19(22)14-21-12-17(15(2)3)10-18(13-21)20-11-16-8-6-5-7-9-16/h5-9,15,17-18,20H,4,10-14H2,1-3H3. The molecule has 1 aliphatic heterocycles. The molecule has 1 aromatic carbocycles. The monoisotopic (exact) mass is 318 g/mol. The van der Waals surface area contributed by atoms with Gasteiger partial charge in [0.2, 0.25) is 0 Å². The van der Waals surface area contributed by atoms with Gasteiger partial charge in [-0.2, -0.15) is 0 Å². The van der Waals surface area contributed by atoms with E-state index in [4.69, 9.17) is 4.74 Å². The van der Waals surface area contributed by atoms with Crippen molar-refractivity contribution in [1.29, 1.82) is 0 Å². The minimum atomic E-state index is -0.112. The van der Waals surface area contributed by atoms with Gasteiger partial charge >= 0.3 is 5.97 Å². The molecule has 4 nitrogen and oxygen atoms in total. The third-order valence-corrected chi connectivity index (χ3v) is 4.60.